The average molecular weight is 367 g/mol. The highest BCUT2D eigenvalue weighted by atomic mass is 16.7. The van der Waals surface area contributed by atoms with Crippen molar-refractivity contribution in [2.45, 2.75) is 43.9 Å². The molecule has 27 heavy (non-hydrogen) atoms. The van der Waals surface area contributed by atoms with Crippen molar-refractivity contribution in [3.63, 3.8) is 0 Å². The molecular weight excluding hydrogens is 346 g/mol. The van der Waals surface area contributed by atoms with Gasteiger partial charge in [0.25, 0.3) is 0 Å². The van der Waals surface area contributed by atoms with Crippen molar-refractivity contribution >= 4 is 0 Å². The highest BCUT2D eigenvalue weighted by Crippen LogP contribution is 2.34. The molecule has 2 aromatic rings. The Kier molecular flexibility index (Phi) is 5.67. The van der Waals surface area contributed by atoms with Crippen LogP contribution in [0.25, 0.3) is 10.4 Å². The predicted molar refractivity (Wildman–Crippen MR) is 97.6 cm³/mol. The molecule has 5 atom stereocenters. The molecule has 0 amide bonds. The quantitative estimate of drug-likeness (QED) is 0.425. The van der Waals surface area contributed by atoms with E-state index in [9.17, 15) is 0 Å². The average Bonchev–Trinajstić information content (AvgIpc) is 3.15. The van der Waals surface area contributed by atoms with Crippen LogP contribution in [0.2, 0.25) is 0 Å². The molecule has 140 valence electrons. The van der Waals surface area contributed by atoms with Crippen LogP contribution in [0.15, 0.2) is 65.8 Å². The van der Waals surface area contributed by atoms with Gasteiger partial charge in [-0.3, -0.25) is 0 Å². The van der Waals surface area contributed by atoms with Crippen molar-refractivity contribution in [3.05, 3.63) is 82.2 Å². The van der Waals surface area contributed by atoms with Crippen LogP contribution in [0, 0.1) is 0 Å². The van der Waals surface area contributed by atoms with Crippen molar-refractivity contribution in [1.29, 1.82) is 0 Å². The zero-order valence-electron chi connectivity index (χ0n) is 14.8. The maximum atomic E-state index is 8.99. The highest BCUT2D eigenvalue weighted by Gasteiger charge is 2.51. The Hall–Kier alpha value is -2.41. The second-order valence-corrected chi connectivity index (χ2v) is 6.59. The van der Waals surface area contributed by atoms with Gasteiger partial charge < -0.3 is 18.9 Å². The number of hydrogen-bond acceptors (Lipinski definition) is 5. The van der Waals surface area contributed by atoms with Gasteiger partial charge in [-0.05, 0) is 16.7 Å². The summed E-state index contributed by atoms with van der Waals surface area (Å²) in [4.78, 5) is 2.96. The Morgan fingerprint density at radius 1 is 0.926 bits per heavy atom. The molecule has 0 N–H and O–H groups in total. The molecule has 0 spiro atoms. The van der Waals surface area contributed by atoms with E-state index in [0.29, 0.717) is 19.8 Å². The van der Waals surface area contributed by atoms with Crippen LogP contribution in [0.1, 0.15) is 11.1 Å². The minimum Gasteiger partial charge on any atom is -0.370 e. The van der Waals surface area contributed by atoms with Gasteiger partial charge in [-0.25, -0.2) is 0 Å². The summed E-state index contributed by atoms with van der Waals surface area (Å²) < 4.78 is 23.8. The fraction of sp³-hybridized carbons (Fsp3) is 0.400. The number of azide groups is 1. The van der Waals surface area contributed by atoms with Gasteiger partial charge in [0.05, 0.1) is 19.8 Å². The van der Waals surface area contributed by atoms with Crippen LogP contribution in [-0.4, -0.2) is 37.3 Å². The molecule has 4 rings (SSSR count). The van der Waals surface area contributed by atoms with Crippen molar-refractivity contribution in [2.24, 2.45) is 5.11 Å². The summed E-state index contributed by atoms with van der Waals surface area (Å²) in [5.74, 6) is 0. The molecule has 7 nitrogen and oxygen atoms in total. The number of fused-ring (bicyclic) bond motifs is 2. The van der Waals surface area contributed by atoms with Gasteiger partial charge in [-0.15, -0.1) is 0 Å². The van der Waals surface area contributed by atoms with Gasteiger partial charge in [0.2, 0.25) is 0 Å². The molecule has 2 aromatic carbocycles. The van der Waals surface area contributed by atoms with Crippen LogP contribution in [0.5, 0.6) is 0 Å². The van der Waals surface area contributed by atoms with E-state index in [2.05, 4.69) is 10.0 Å². The van der Waals surface area contributed by atoms with Gasteiger partial charge in [-0.2, -0.15) is 0 Å². The molecule has 0 aromatic heterocycles. The lowest BCUT2D eigenvalue weighted by Gasteiger charge is -2.38. The van der Waals surface area contributed by atoms with E-state index in [-0.39, 0.29) is 12.2 Å². The molecule has 2 aliphatic rings. The van der Waals surface area contributed by atoms with Gasteiger partial charge in [-0.1, -0.05) is 65.8 Å². The van der Waals surface area contributed by atoms with E-state index < -0.39 is 18.4 Å². The van der Waals surface area contributed by atoms with E-state index >= 15 is 0 Å². The highest BCUT2D eigenvalue weighted by molar-refractivity contribution is 5.15. The maximum absolute atomic E-state index is 8.99. The number of ether oxygens (including phenoxy) is 4. The molecule has 2 aliphatic heterocycles. The van der Waals surface area contributed by atoms with E-state index in [4.69, 9.17) is 24.5 Å². The van der Waals surface area contributed by atoms with Gasteiger partial charge in [0.1, 0.15) is 24.4 Å². The Morgan fingerprint density at radius 2 is 1.52 bits per heavy atom. The number of rotatable bonds is 7. The first kappa shape index (κ1) is 18.0. The molecule has 4 unspecified atom stereocenters. The fourth-order valence-electron chi connectivity index (χ4n) is 3.46. The second kappa shape index (κ2) is 8.52. The zero-order valence-corrected chi connectivity index (χ0v) is 14.8. The van der Waals surface area contributed by atoms with Crippen LogP contribution in [0.3, 0.4) is 0 Å². The first-order valence-corrected chi connectivity index (χ1v) is 8.97. The lowest BCUT2D eigenvalue weighted by molar-refractivity contribution is -0.211. The SMILES string of the molecule is [N-]=[N+]=NC1C2OCC(O2)C(OCc2ccccc2)[C@@H]1OCc1ccccc1. The Labute approximate surface area is 157 Å². The third-order valence-electron chi connectivity index (χ3n) is 4.79. The van der Waals surface area contributed by atoms with Crippen LogP contribution < -0.4 is 0 Å². The molecule has 2 saturated heterocycles. The van der Waals surface area contributed by atoms with E-state index in [1.54, 1.807) is 0 Å². The molecule has 2 heterocycles. The third-order valence-corrected chi connectivity index (χ3v) is 4.79. The zero-order chi connectivity index (χ0) is 18.5. The van der Waals surface area contributed by atoms with E-state index in [1.807, 2.05) is 60.7 Å². The first-order valence-electron chi connectivity index (χ1n) is 8.97. The van der Waals surface area contributed by atoms with Crippen molar-refractivity contribution in [2.75, 3.05) is 6.61 Å². The molecule has 0 aliphatic carbocycles. The van der Waals surface area contributed by atoms with E-state index in [0.717, 1.165) is 11.1 Å². The summed E-state index contributed by atoms with van der Waals surface area (Å²) in [6.45, 7) is 1.21. The largest absolute Gasteiger partial charge is 0.370 e. The van der Waals surface area contributed by atoms with Crippen LogP contribution in [-0.2, 0) is 32.2 Å². The Bertz CT molecular complexity index is 782. The molecular formula is C20H21N3O4. The summed E-state index contributed by atoms with van der Waals surface area (Å²) >= 11 is 0. The minimum absolute atomic E-state index is 0.246. The standard InChI is InChI=1S/C20H21N3O4/c21-23-22-17-19(25-12-15-9-5-2-6-10-15)18(16-13-26-20(17)27-16)24-11-14-7-3-1-4-8-14/h1-10,16-20H,11-13H2/t16?,17?,18?,19-,20?/m1/s1. The molecule has 2 bridgehead atoms. The molecule has 7 heteroatoms. The summed E-state index contributed by atoms with van der Waals surface area (Å²) in [5, 5.41) is 3.89. The summed E-state index contributed by atoms with van der Waals surface area (Å²) in [7, 11) is 0. The van der Waals surface area contributed by atoms with Crippen molar-refractivity contribution in [3.8, 4) is 0 Å². The van der Waals surface area contributed by atoms with Gasteiger partial charge in [0, 0.05) is 4.91 Å². The van der Waals surface area contributed by atoms with Crippen molar-refractivity contribution in [1.82, 2.24) is 0 Å². The van der Waals surface area contributed by atoms with Gasteiger partial charge >= 0.3 is 0 Å². The lowest BCUT2D eigenvalue weighted by atomic mass is 9.98. The number of nitrogens with zero attached hydrogens (tertiary/aromatic N) is 3. The summed E-state index contributed by atoms with van der Waals surface area (Å²) in [6, 6.07) is 19.2. The molecule has 2 fully saturated rings. The smallest absolute Gasteiger partial charge is 0.169 e. The second-order valence-electron chi connectivity index (χ2n) is 6.59. The monoisotopic (exact) mass is 367 g/mol. The first-order chi connectivity index (χ1) is 13.3. The lowest BCUT2D eigenvalue weighted by Crippen LogP contribution is -2.55. The fourth-order valence-corrected chi connectivity index (χ4v) is 3.46. The minimum atomic E-state index is -0.599. The van der Waals surface area contributed by atoms with E-state index in [1.165, 1.54) is 0 Å². The number of hydrogen-bond donors (Lipinski definition) is 0. The number of benzene rings is 2. The van der Waals surface area contributed by atoms with Crippen LogP contribution >= 0.6 is 0 Å². The normalized spacial score (nSPS) is 29.3. The third kappa shape index (κ3) is 4.13. The van der Waals surface area contributed by atoms with Crippen molar-refractivity contribution < 1.29 is 18.9 Å². The Balaban J connectivity index is 1.52. The predicted octanol–water partition coefficient (Wildman–Crippen LogP) is 3.59. The molecule has 0 radical (unpaired) electrons. The summed E-state index contributed by atoms with van der Waals surface area (Å²) in [5.41, 5.74) is 11.1. The summed E-state index contributed by atoms with van der Waals surface area (Å²) in [6.07, 6.45) is -1.67. The topological polar surface area (TPSA) is 85.7 Å². The van der Waals surface area contributed by atoms with Crippen LogP contribution in [0.4, 0.5) is 0 Å². The maximum Gasteiger partial charge on any atom is 0.169 e. The Morgan fingerprint density at radius 3 is 2.11 bits per heavy atom. The molecule has 0 saturated carbocycles. The van der Waals surface area contributed by atoms with Gasteiger partial charge in [0.15, 0.2) is 6.29 Å².